The van der Waals surface area contributed by atoms with Gasteiger partial charge in [-0.2, -0.15) is 0 Å². The van der Waals surface area contributed by atoms with Gasteiger partial charge in [0.05, 0.1) is 0 Å². The topological polar surface area (TPSA) is 29.1 Å². The number of amides is 1. The van der Waals surface area contributed by atoms with Crippen molar-refractivity contribution in [2.75, 3.05) is 5.32 Å². The number of halogens is 1. The molecule has 3 heteroatoms. The molecule has 0 spiro atoms. The van der Waals surface area contributed by atoms with Crippen LogP contribution >= 0.6 is 15.9 Å². The number of nitrogens with one attached hydrogen (secondary N) is 1. The summed E-state index contributed by atoms with van der Waals surface area (Å²) >= 11 is 3.43. The normalized spacial score (nSPS) is 39.5. The van der Waals surface area contributed by atoms with Crippen molar-refractivity contribution in [3.8, 4) is 0 Å². The molecule has 94 valence electrons. The zero-order valence-electron chi connectivity index (χ0n) is 10.1. The molecule has 0 unspecified atom stereocenters. The van der Waals surface area contributed by atoms with Crippen LogP contribution in [0.1, 0.15) is 19.3 Å². The Hall–Kier alpha value is -0.830. The monoisotopic (exact) mass is 305 g/mol. The molecule has 0 saturated heterocycles. The molecule has 18 heavy (non-hydrogen) atoms. The Bertz CT molecular complexity index is 499. The molecule has 3 saturated carbocycles. The molecule has 1 amide bonds. The molecule has 2 nitrogen and oxygen atoms in total. The maximum absolute atomic E-state index is 12.3. The Morgan fingerprint density at radius 2 is 1.94 bits per heavy atom. The maximum atomic E-state index is 12.3. The highest BCUT2D eigenvalue weighted by Crippen LogP contribution is 2.69. The molecule has 3 aliphatic rings. The highest BCUT2D eigenvalue weighted by molar-refractivity contribution is 9.10. The molecule has 1 aromatic carbocycles. The molecule has 4 rings (SSSR count). The van der Waals surface area contributed by atoms with Gasteiger partial charge in [-0.1, -0.05) is 22.0 Å². The van der Waals surface area contributed by atoms with Gasteiger partial charge in [-0.05, 0) is 61.1 Å². The number of hydrogen-bond donors (Lipinski definition) is 1. The zero-order chi connectivity index (χ0) is 12.3. The summed E-state index contributed by atoms with van der Waals surface area (Å²) in [6, 6.07) is 7.85. The number of anilines is 1. The van der Waals surface area contributed by atoms with Crippen LogP contribution in [-0.4, -0.2) is 5.91 Å². The predicted molar refractivity (Wildman–Crippen MR) is 74.1 cm³/mol. The molecule has 3 aliphatic carbocycles. The largest absolute Gasteiger partial charge is 0.326 e. The fourth-order valence-electron chi connectivity index (χ4n) is 4.47. The fourth-order valence-corrected chi connectivity index (χ4v) is 4.87. The number of fused-ring (bicyclic) bond motifs is 5. The van der Waals surface area contributed by atoms with Crippen LogP contribution in [0.3, 0.4) is 0 Å². The van der Waals surface area contributed by atoms with Crippen molar-refractivity contribution < 1.29 is 4.79 Å². The number of carbonyl (C=O) groups excluding carboxylic acids is 1. The SMILES string of the molecule is O=C(Nc1cccc(Br)c1)C1[C@H]2[C@H]3CC[C@@H](C3)[C@H]12. The first kappa shape index (κ1) is 11.0. The summed E-state index contributed by atoms with van der Waals surface area (Å²) in [6.07, 6.45) is 4.13. The molecule has 0 aliphatic heterocycles. The number of benzene rings is 1. The van der Waals surface area contributed by atoms with Crippen LogP contribution in [0.2, 0.25) is 0 Å². The Kier molecular flexibility index (Phi) is 2.35. The van der Waals surface area contributed by atoms with Crippen LogP contribution in [0.15, 0.2) is 28.7 Å². The van der Waals surface area contributed by atoms with Gasteiger partial charge in [0.2, 0.25) is 5.91 Å². The highest BCUT2D eigenvalue weighted by atomic mass is 79.9. The van der Waals surface area contributed by atoms with E-state index >= 15 is 0 Å². The van der Waals surface area contributed by atoms with E-state index in [2.05, 4.69) is 21.2 Å². The standard InChI is InChI=1S/C15H16BrNO/c16-10-2-1-3-11(7-10)17-15(18)14-12-8-4-5-9(6-8)13(12)14/h1-3,7-9,12-14H,4-6H2,(H,17,18)/t8-,9-,12-,13-/m0/s1. The Labute approximate surface area is 115 Å². The van der Waals surface area contributed by atoms with Crippen LogP contribution in [0.5, 0.6) is 0 Å². The summed E-state index contributed by atoms with van der Waals surface area (Å²) in [6.45, 7) is 0. The van der Waals surface area contributed by atoms with Gasteiger partial charge in [0.25, 0.3) is 0 Å². The van der Waals surface area contributed by atoms with Gasteiger partial charge in [0.1, 0.15) is 0 Å². The van der Waals surface area contributed by atoms with E-state index in [-0.39, 0.29) is 5.91 Å². The molecule has 0 heterocycles. The molecule has 4 atom stereocenters. The molecule has 1 aromatic rings. The first-order chi connectivity index (χ1) is 8.74. The van der Waals surface area contributed by atoms with Crippen molar-refractivity contribution in [2.24, 2.45) is 29.6 Å². The van der Waals surface area contributed by atoms with E-state index in [0.29, 0.717) is 5.92 Å². The van der Waals surface area contributed by atoms with Crippen molar-refractivity contribution in [3.05, 3.63) is 28.7 Å². The lowest BCUT2D eigenvalue weighted by Gasteiger charge is -2.09. The van der Waals surface area contributed by atoms with E-state index in [4.69, 9.17) is 0 Å². The lowest BCUT2D eigenvalue weighted by atomic mass is 10.0. The second-order valence-corrected chi connectivity index (χ2v) is 6.93. The third-order valence-corrected chi connectivity index (χ3v) is 5.62. The van der Waals surface area contributed by atoms with Crippen LogP contribution in [0.25, 0.3) is 0 Å². The average Bonchev–Trinajstić information content (AvgIpc) is 2.79. The Balaban J connectivity index is 1.47. The first-order valence-electron chi connectivity index (χ1n) is 6.80. The van der Waals surface area contributed by atoms with Crippen molar-refractivity contribution in [2.45, 2.75) is 19.3 Å². The van der Waals surface area contributed by atoms with E-state index in [1.165, 1.54) is 19.3 Å². The van der Waals surface area contributed by atoms with Crippen LogP contribution in [-0.2, 0) is 4.79 Å². The second-order valence-electron chi connectivity index (χ2n) is 6.01. The molecule has 3 fully saturated rings. The fraction of sp³-hybridized carbons (Fsp3) is 0.533. The smallest absolute Gasteiger partial charge is 0.228 e. The van der Waals surface area contributed by atoms with E-state index in [1.54, 1.807) is 0 Å². The van der Waals surface area contributed by atoms with Crippen LogP contribution < -0.4 is 5.32 Å². The Morgan fingerprint density at radius 3 is 2.61 bits per heavy atom. The van der Waals surface area contributed by atoms with E-state index < -0.39 is 0 Å². The Morgan fingerprint density at radius 1 is 1.22 bits per heavy atom. The summed E-state index contributed by atoms with van der Waals surface area (Å²) in [5.74, 6) is 3.72. The van der Waals surface area contributed by atoms with Gasteiger partial charge in [0.15, 0.2) is 0 Å². The number of carbonyl (C=O) groups is 1. The average molecular weight is 306 g/mol. The van der Waals surface area contributed by atoms with Crippen LogP contribution in [0.4, 0.5) is 5.69 Å². The minimum atomic E-state index is 0.250. The van der Waals surface area contributed by atoms with Gasteiger partial charge >= 0.3 is 0 Å². The highest BCUT2D eigenvalue weighted by Gasteiger charge is 2.67. The minimum absolute atomic E-state index is 0.250. The molecule has 0 aromatic heterocycles. The molecular weight excluding hydrogens is 290 g/mol. The number of hydrogen-bond acceptors (Lipinski definition) is 1. The van der Waals surface area contributed by atoms with Gasteiger partial charge in [-0.25, -0.2) is 0 Å². The van der Waals surface area contributed by atoms with Crippen molar-refractivity contribution in [3.63, 3.8) is 0 Å². The van der Waals surface area contributed by atoms with Crippen LogP contribution in [0, 0.1) is 29.6 Å². The summed E-state index contributed by atoms with van der Waals surface area (Å²) in [7, 11) is 0. The third-order valence-electron chi connectivity index (χ3n) is 5.13. The maximum Gasteiger partial charge on any atom is 0.228 e. The zero-order valence-corrected chi connectivity index (χ0v) is 11.7. The molecule has 0 radical (unpaired) electrons. The number of rotatable bonds is 2. The summed E-state index contributed by atoms with van der Waals surface area (Å²) in [5.41, 5.74) is 0.909. The van der Waals surface area contributed by atoms with Gasteiger partial charge in [-0.3, -0.25) is 4.79 Å². The minimum Gasteiger partial charge on any atom is -0.326 e. The van der Waals surface area contributed by atoms with E-state index in [0.717, 1.165) is 33.8 Å². The lowest BCUT2D eigenvalue weighted by Crippen LogP contribution is -2.18. The van der Waals surface area contributed by atoms with E-state index in [1.807, 2.05) is 24.3 Å². The van der Waals surface area contributed by atoms with Crippen molar-refractivity contribution in [1.29, 1.82) is 0 Å². The molecule has 1 N–H and O–H groups in total. The predicted octanol–water partition coefficient (Wildman–Crippen LogP) is 3.68. The van der Waals surface area contributed by atoms with E-state index in [9.17, 15) is 4.79 Å². The second kappa shape index (κ2) is 3.83. The van der Waals surface area contributed by atoms with Gasteiger partial charge in [-0.15, -0.1) is 0 Å². The summed E-state index contributed by atoms with van der Waals surface area (Å²) in [4.78, 5) is 12.3. The summed E-state index contributed by atoms with van der Waals surface area (Å²) in [5, 5.41) is 3.07. The van der Waals surface area contributed by atoms with Crippen molar-refractivity contribution >= 4 is 27.5 Å². The molecule has 2 bridgehead atoms. The third kappa shape index (κ3) is 1.56. The molecular formula is C15H16BrNO. The summed E-state index contributed by atoms with van der Waals surface area (Å²) < 4.78 is 1.01. The first-order valence-corrected chi connectivity index (χ1v) is 7.60. The van der Waals surface area contributed by atoms with Gasteiger partial charge in [0, 0.05) is 16.1 Å². The van der Waals surface area contributed by atoms with Gasteiger partial charge < -0.3 is 5.32 Å². The van der Waals surface area contributed by atoms with Crippen molar-refractivity contribution in [1.82, 2.24) is 0 Å². The lowest BCUT2D eigenvalue weighted by molar-refractivity contribution is -0.118. The quantitative estimate of drug-likeness (QED) is 0.887.